The summed E-state index contributed by atoms with van der Waals surface area (Å²) in [5, 5.41) is 18.4. The van der Waals surface area contributed by atoms with Crippen LogP contribution in [0.25, 0.3) is 0 Å². The van der Waals surface area contributed by atoms with E-state index in [1.54, 1.807) is 6.08 Å². The van der Waals surface area contributed by atoms with Gasteiger partial charge >= 0.3 is 0 Å². The summed E-state index contributed by atoms with van der Waals surface area (Å²) in [5.41, 5.74) is 5.58. The minimum atomic E-state index is -0.763. The largest absolute Gasteiger partial charge is 0.395 e. The highest BCUT2D eigenvalue weighted by atomic mass is 16.3. The zero-order valence-corrected chi connectivity index (χ0v) is 11.0. The molecular weight excluding hydrogens is 202 g/mol. The van der Waals surface area contributed by atoms with Crippen molar-refractivity contribution in [3.63, 3.8) is 0 Å². The lowest BCUT2D eigenvalue weighted by Crippen LogP contribution is -2.36. The molecule has 0 fully saturated rings. The fourth-order valence-corrected chi connectivity index (χ4v) is 1.72. The highest BCUT2D eigenvalue weighted by Gasteiger charge is 2.18. The number of allylic oxidation sites excluding steroid dienone is 1. The van der Waals surface area contributed by atoms with Crippen LogP contribution in [-0.4, -0.2) is 29.0 Å². The standard InChI is InChI=1S/C13H27NO2/c1-5-10(2)8-13(3,4)7-6-12(16)11(14)9-15/h6-7,10-12,15-16H,5,8-9,14H2,1-4H3/b7-6+/t10?,11-,12+/m0/s1. The van der Waals surface area contributed by atoms with Crippen LogP contribution in [0.1, 0.15) is 40.5 Å². The molecule has 16 heavy (non-hydrogen) atoms. The second-order valence-corrected chi connectivity index (χ2v) is 5.40. The minimum absolute atomic E-state index is 0.0611. The van der Waals surface area contributed by atoms with Gasteiger partial charge in [-0.2, -0.15) is 0 Å². The molecule has 0 heterocycles. The zero-order valence-electron chi connectivity index (χ0n) is 11.0. The van der Waals surface area contributed by atoms with E-state index in [4.69, 9.17) is 10.8 Å². The van der Waals surface area contributed by atoms with Gasteiger partial charge < -0.3 is 15.9 Å². The summed E-state index contributed by atoms with van der Waals surface area (Å²) >= 11 is 0. The molecule has 96 valence electrons. The molecule has 0 aliphatic heterocycles. The molecule has 0 saturated heterocycles. The first kappa shape index (κ1) is 15.6. The van der Waals surface area contributed by atoms with Gasteiger partial charge in [0.2, 0.25) is 0 Å². The molecule has 3 nitrogen and oxygen atoms in total. The van der Waals surface area contributed by atoms with Crippen molar-refractivity contribution in [2.24, 2.45) is 17.1 Å². The van der Waals surface area contributed by atoms with Crippen molar-refractivity contribution < 1.29 is 10.2 Å². The molecule has 1 unspecified atom stereocenters. The van der Waals surface area contributed by atoms with Crippen LogP contribution >= 0.6 is 0 Å². The molecule has 3 heteroatoms. The first-order chi connectivity index (χ1) is 7.32. The van der Waals surface area contributed by atoms with Crippen molar-refractivity contribution in [2.75, 3.05) is 6.61 Å². The van der Waals surface area contributed by atoms with Crippen molar-refractivity contribution in [2.45, 2.75) is 52.7 Å². The quantitative estimate of drug-likeness (QED) is 0.582. The Balaban J connectivity index is 4.28. The summed E-state index contributed by atoms with van der Waals surface area (Å²) in [6, 6.07) is -0.587. The Hall–Kier alpha value is -0.380. The van der Waals surface area contributed by atoms with Crippen LogP contribution in [0.15, 0.2) is 12.2 Å². The van der Waals surface area contributed by atoms with E-state index in [0.29, 0.717) is 5.92 Å². The molecule has 0 aliphatic carbocycles. The monoisotopic (exact) mass is 229 g/mol. The van der Waals surface area contributed by atoms with Crippen LogP contribution in [0.2, 0.25) is 0 Å². The summed E-state index contributed by atoms with van der Waals surface area (Å²) in [7, 11) is 0. The van der Waals surface area contributed by atoms with Gasteiger partial charge in [0.05, 0.1) is 18.8 Å². The molecule has 0 aromatic carbocycles. The molecular formula is C13H27NO2. The first-order valence-corrected chi connectivity index (χ1v) is 6.06. The fourth-order valence-electron chi connectivity index (χ4n) is 1.72. The van der Waals surface area contributed by atoms with E-state index in [1.807, 2.05) is 6.08 Å². The van der Waals surface area contributed by atoms with Crippen LogP contribution in [0.3, 0.4) is 0 Å². The second kappa shape index (κ2) is 7.05. The molecule has 3 atom stereocenters. The third-order valence-electron chi connectivity index (χ3n) is 2.97. The summed E-state index contributed by atoms with van der Waals surface area (Å²) in [5.74, 6) is 0.670. The van der Waals surface area contributed by atoms with Gasteiger partial charge in [0.1, 0.15) is 0 Å². The Morgan fingerprint density at radius 1 is 1.38 bits per heavy atom. The van der Waals surface area contributed by atoms with E-state index < -0.39 is 12.1 Å². The van der Waals surface area contributed by atoms with Crippen LogP contribution in [0, 0.1) is 11.3 Å². The first-order valence-electron chi connectivity index (χ1n) is 6.06. The van der Waals surface area contributed by atoms with Gasteiger partial charge in [-0.05, 0) is 17.8 Å². The number of aliphatic hydroxyl groups is 2. The van der Waals surface area contributed by atoms with Gasteiger partial charge in [-0.15, -0.1) is 0 Å². The van der Waals surface area contributed by atoms with Gasteiger partial charge in [0.25, 0.3) is 0 Å². The topological polar surface area (TPSA) is 66.5 Å². The predicted octanol–water partition coefficient (Wildman–Crippen LogP) is 1.69. The maximum absolute atomic E-state index is 9.60. The third kappa shape index (κ3) is 6.26. The number of aliphatic hydroxyl groups excluding tert-OH is 2. The Morgan fingerprint density at radius 3 is 2.38 bits per heavy atom. The lowest BCUT2D eigenvalue weighted by molar-refractivity contribution is 0.143. The zero-order chi connectivity index (χ0) is 12.8. The molecule has 0 aromatic heterocycles. The van der Waals surface area contributed by atoms with E-state index in [1.165, 1.54) is 0 Å². The highest BCUT2D eigenvalue weighted by molar-refractivity contribution is 5.01. The van der Waals surface area contributed by atoms with Gasteiger partial charge in [0.15, 0.2) is 0 Å². The van der Waals surface area contributed by atoms with Crippen molar-refractivity contribution in [1.82, 2.24) is 0 Å². The van der Waals surface area contributed by atoms with Gasteiger partial charge in [0, 0.05) is 0 Å². The lowest BCUT2D eigenvalue weighted by Gasteiger charge is -2.25. The van der Waals surface area contributed by atoms with Crippen LogP contribution in [-0.2, 0) is 0 Å². The average Bonchev–Trinajstić information content (AvgIpc) is 2.24. The lowest BCUT2D eigenvalue weighted by atomic mass is 9.82. The summed E-state index contributed by atoms with van der Waals surface area (Å²) in [6.45, 7) is 8.50. The molecule has 4 N–H and O–H groups in total. The normalized spacial score (nSPS) is 18.7. The Kier molecular flexibility index (Phi) is 6.88. The van der Waals surface area contributed by atoms with Crippen molar-refractivity contribution in [3.8, 4) is 0 Å². The number of hydrogen-bond acceptors (Lipinski definition) is 3. The maximum atomic E-state index is 9.60. The van der Waals surface area contributed by atoms with E-state index in [2.05, 4.69) is 27.7 Å². The minimum Gasteiger partial charge on any atom is -0.395 e. The smallest absolute Gasteiger partial charge is 0.0894 e. The molecule has 0 saturated carbocycles. The van der Waals surface area contributed by atoms with Gasteiger partial charge in [-0.25, -0.2) is 0 Å². The SMILES string of the molecule is CCC(C)CC(C)(C)/C=C/[C@@H](O)[C@@H](N)CO. The summed E-state index contributed by atoms with van der Waals surface area (Å²) < 4.78 is 0. The van der Waals surface area contributed by atoms with E-state index in [0.717, 1.165) is 12.8 Å². The van der Waals surface area contributed by atoms with Gasteiger partial charge in [-0.3, -0.25) is 0 Å². The van der Waals surface area contributed by atoms with Crippen LogP contribution < -0.4 is 5.73 Å². The number of nitrogens with two attached hydrogens (primary N) is 1. The third-order valence-corrected chi connectivity index (χ3v) is 2.97. The number of rotatable bonds is 7. The molecule has 0 rings (SSSR count). The highest BCUT2D eigenvalue weighted by Crippen LogP contribution is 2.28. The molecule has 0 radical (unpaired) electrons. The van der Waals surface area contributed by atoms with Crippen molar-refractivity contribution in [1.29, 1.82) is 0 Å². The van der Waals surface area contributed by atoms with Crippen molar-refractivity contribution in [3.05, 3.63) is 12.2 Å². The van der Waals surface area contributed by atoms with Gasteiger partial charge in [-0.1, -0.05) is 46.3 Å². The average molecular weight is 229 g/mol. The van der Waals surface area contributed by atoms with Crippen LogP contribution in [0.5, 0.6) is 0 Å². The Labute approximate surface area is 99.4 Å². The van der Waals surface area contributed by atoms with E-state index in [-0.39, 0.29) is 12.0 Å². The summed E-state index contributed by atoms with van der Waals surface area (Å²) in [6.07, 6.45) is 5.18. The van der Waals surface area contributed by atoms with Crippen molar-refractivity contribution >= 4 is 0 Å². The number of hydrogen-bond donors (Lipinski definition) is 3. The molecule has 0 amide bonds. The van der Waals surface area contributed by atoms with E-state index in [9.17, 15) is 5.11 Å². The van der Waals surface area contributed by atoms with Crippen LogP contribution in [0.4, 0.5) is 0 Å². The predicted molar refractivity (Wildman–Crippen MR) is 68.1 cm³/mol. The van der Waals surface area contributed by atoms with E-state index >= 15 is 0 Å². The molecule has 0 spiro atoms. The Bertz CT molecular complexity index is 214. The molecule has 0 aliphatic rings. The molecule has 0 aromatic rings. The molecule has 0 bridgehead atoms. The Morgan fingerprint density at radius 2 is 1.94 bits per heavy atom. The second-order valence-electron chi connectivity index (χ2n) is 5.40. The fraction of sp³-hybridized carbons (Fsp3) is 0.846. The maximum Gasteiger partial charge on any atom is 0.0894 e. The summed E-state index contributed by atoms with van der Waals surface area (Å²) in [4.78, 5) is 0.